The lowest BCUT2D eigenvalue weighted by Gasteiger charge is -2.19. The molecule has 172 valence electrons. The molecule has 2 N–H and O–H groups in total. The quantitative estimate of drug-likeness (QED) is 0.284. The lowest BCUT2D eigenvalue weighted by atomic mass is 10.1. The number of hydrogen-bond acceptors (Lipinski definition) is 4. The number of ether oxygens (including phenoxy) is 2. The van der Waals surface area contributed by atoms with E-state index in [1.807, 2.05) is 32.0 Å². The molecule has 0 aliphatic rings. The Morgan fingerprint density at radius 2 is 1.93 bits per heavy atom. The van der Waals surface area contributed by atoms with Gasteiger partial charge in [0.15, 0.2) is 5.96 Å². The predicted molar refractivity (Wildman–Crippen MR) is 114 cm³/mol. The molecule has 0 atom stereocenters. The number of aryl methyl sites for hydroxylation is 1. The molecule has 1 rings (SSSR count). The highest BCUT2D eigenvalue weighted by molar-refractivity contribution is 5.79. The van der Waals surface area contributed by atoms with Crippen LogP contribution in [-0.4, -0.2) is 70.6 Å². The summed E-state index contributed by atoms with van der Waals surface area (Å²) in [4.78, 5) is 5.86. The van der Waals surface area contributed by atoms with E-state index in [2.05, 4.69) is 15.6 Å². The topological polar surface area (TPSA) is 58.1 Å². The van der Waals surface area contributed by atoms with E-state index in [1.165, 1.54) is 11.9 Å². The molecular weight excluding hydrogens is 397 g/mol. The summed E-state index contributed by atoms with van der Waals surface area (Å²) in [7, 11) is 3.13. The van der Waals surface area contributed by atoms with Crippen molar-refractivity contribution in [3.05, 3.63) is 29.3 Å². The van der Waals surface area contributed by atoms with Gasteiger partial charge in [-0.2, -0.15) is 13.2 Å². The number of rotatable bonds is 13. The largest absolute Gasteiger partial charge is 0.493 e. The number of halogens is 3. The van der Waals surface area contributed by atoms with Gasteiger partial charge in [0.05, 0.1) is 19.7 Å². The van der Waals surface area contributed by atoms with Crippen LogP contribution >= 0.6 is 0 Å². The molecule has 0 aromatic heterocycles. The van der Waals surface area contributed by atoms with Gasteiger partial charge in [-0.1, -0.05) is 12.1 Å². The number of methoxy groups -OCH3 is 1. The van der Waals surface area contributed by atoms with Crippen LogP contribution in [0, 0.1) is 6.92 Å². The minimum Gasteiger partial charge on any atom is -0.493 e. The highest BCUT2D eigenvalue weighted by Gasteiger charge is 2.28. The van der Waals surface area contributed by atoms with Crippen LogP contribution in [0.1, 0.15) is 30.9 Å². The molecule has 0 saturated carbocycles. The summed E-state index contributed by atoms with van der Waals surface area (Å²) in [6, 6.07) is 6.01. The van der Waals surface area contributed by atoms with Gasteiger partial charge in [-0.25, -0.2) is 4.99 Å². The van der Waals surface area contributed by atoms with E-state index in [1.54, 1.807) is 7.11 Å². The second-order valence-corrected chi connectivity index (χ2v) is 7.13. The summed E-state index contributed by atoms with van der Waals surface area (Å²) in [5, 5.41) is 6.33. The Balaban J connectivity index is 2.59. The van der Waals surface area contributed by atoms with E-state index in [9.17, 15) is 13.2 Å². The third kappa shape index (κ3) is 11.9. The summed E-state index contributed by atoms with van der Waals surface area (Å²) in [5.74, 6) is 1.43. The average molecular weight is 433 g/mol. The molecule has 0 fully saturated rings. The molecule has 0 radical (unpaired) electrons. The Hall–Kier alpha value is -2.00. The van der Waals surface area contributed by atoms with Gasteiger partial charge in [-0.3, -0.25) is 4.90 Å². The Kier molecular flexibility index (Phi) is 12.2. The smallest absolute Gasteiger partial charge is 0.401 e. The molecule has 0 aliphatic heterocycles. The van der Waals surface area contributed by atoms with E-state index >= 15 is 0 Å². The molecular formula is C21H35F3N4O2. The molecule has 9 heteroatoms. The van der Waals surface area contributed by atoms with Crippen LogP contribution in [0.15, 0.2) is 23.2 Å². The van der Waals surface area contributed by atoms with Crippen LogP contribution in [0.5, 0.6) is 5.75 Å². The van der Waals surface area contributed by atoms with Crippen LogP contribution in [-0.2, 0) is 11.3 Å². The molecule has 0 aliphatic carbocycles. The SMILES string of the molecule is CCNC(=NCc1ccc(C)cc1OCCCOC)NCCCN(C)CC(F)(F)F. The average Bonchev–Trinajstić information content (AvgIpc) is 2.66. The second kappa shape index (κ2) is 14.1. The van der Waals surface area contributed by atoms with Gasteiger partial charge in [0, 0.05) is 38.8 Å². The molecule has 0 bridgehead atoms. The lowest BCUT2D eigenvalue weighted by Crippen LogP contribution is -2.39. The Morgan fingerprint density at radius 1 is 1.17 bits per heavy atom. The number of nitrogens with one attached hydrogen (secondary N) is 2. The van der Waals surface area contributed by atoms with Crippen molar-refractivity contribution in [1.29, 1.82) is 0 Å². The van der Waals surface area contributed by atoms with Crippen molar-refractivity contribution in [1.82, 2.24) is 15.5 Å². The molecule has 30 heavy (non-hydrogen) atoms. The number of nitrogens with zero attached hydrogens (tertiary/aromatic N) is 2. The standard InChI is InChI=1S/C21H35F3N4O2/c1-5-25-20(26-10-6-11-28(3)16-21(22,23)24)27-15-18-9-8-17(2)14-19(18)30-13-7-12-29-4/h8-9,14H,5-7,10-13,15-16H2,1-4H3,(H2,25,26,27). The molecule has 0 spiro atoms. The first-order valence-electron chi connectivity index (χ1n) is 10.2. The molecule has 6 nitrogen and oxygen atoms in total. The summed E-state index contributed by atoms with van der Waals surface area (Å²) in [6.45, 7) is 6.29. The van der Waals surface area contributed by atoms with Gasteiger partial charge >= 0.3 is 6.18 Å². The van der Waals surface area contributed by atoms with Crippen molar-refractivity contribution in [2.45, 2.75) is 39.4 Å². The van der Waals surface area contributed by atoms with Gasteiger partial charge in [0.2, 0.25) is 0 Å². The van der Waals surface area contributed by atoms with E-state index in [0.717, 1.165) is 23.3 Å². The molecule has 0 amide bonds. The van der Waals surface area contributed by atoms with Crippen molar-refractivity contribution in [2.75, 3.05) is 53.6 Å². The second-order valence-electron chi connectivity index (χ2n) is 7.13. The van der Waals surface area contributed by atoms with Crippen molar-refractivity contribution in [3.63, 3.8) is 0 Å². The van der Waals surface area contributed by atoms with E-state index < -0.39 is 12.7 Å². The first-order chi connectivity index (χ1) is 14.2. The maximum atomic E-state index is 12.4. The third-order valence-electron chi connectivity index (χ3n) is 4.18. The van der Waals surface area contributed by atoms with Crippen LogP contribution in [0.3, 0.4) is 0 Å². The highest BCUT2D eigenvalue weighted by atomic mass is 19.4. The first-order valence-corrected chi connectivity index (χ1v) is 10.2. The molecule has 0 unspecified atom stereocenters. The van der Waals surface area contributed by atoms with Crippen molar-refractivity contribution >= 4 is 5.96 Å². The zero-order chi connectivity index (χ0) is 22.4. The van der Waals surface area contributed by atoms with E-state index in [4.69, 9.17) is 9.47 Å². The summed E-state index contributed by atoms with van der Waals surface area (Å²) in [6.07, 6.45) is -2.79. The van der Waals surface area contributed by atoms with Crippen LogP contribution in [0.4, 0.5) is 13.2 Å². The number of benzene rings is 1. The Labute approximate surface area is 177 Å². The number of guanidine groups is 1. The molecule has 0 saturated heterocycles. The summed E-state index contributed by atoms with van der Waals surface area (Å²) in [5.41, 5.74) is 2.08. The van der Waals surface area contributed by atoms with E-state index in [0.29, 0.717) is 51.8 Å². The molecule has 1 aromatic carbocycles. The third-order valence-corrected chi connectivity index (χ3v) is 4.18. The molecule has 1 aromatic rings. The van der Waals surface area contributed by atoms with Gasteiger partial charge in [0.1, 0.15) is 5.75 Å². The van der Waals surface area contributed by atoms with Crippen LogP contribution in [0.2, 0.25) is 0 Å². The maximum absolute atomic E-state index is 12.4. The maximum Gasteiger partial charge on any atom is 0.401 e. The Bertz CT molecular complexity index is 639. The van der Waals surface area contributed by atoms with Gasteiger partial charge in [0.25, 0.3) is 0 Å². The highest BCUT2D eigenvalue weighted by Crippen LogP contribution is 2.21. The molecule has 0 heterocycles. The fraction of sp³-hybridized carbons (Fsp3) is 0.667. The monoisotopic (exact) mass is 432 g/mol. The number of hydrogen-bond donors (Lipinski definition) is 2. The number of aliphatic imine (C=N–C) groups is 1. The van der Waals surface area contributed by atoms with Crippen molar-refractivity contribution in [3.8, 4) is 5.75 Å². The van der Waals surface area contributed by atoms with Gasteiger partial charge < -0.3 is 20.1 Å². The van der Waals surface area contributed by atoms with E-state index in [-0.39, 0.29) is 0 Å². The minimum atomic E-state index is -4.17. The summed E-state index contributed by atoms with van der Waals surface area (Å²) < 4.78 is 48.1. The van der Waals surface area contributed by atoms with Crippen LogP contribution in [0.25, 0.3) is 0 Å². The first kappa shape index (κ1) is 26.0. The lowest BCUT2D eigenvalue weighted by molar-refractivity contribution is -0.143. The van der Waals surface area contributed by atoms with Crippen molar-refractivity contribution < 1.29 is 22.6 Å². The van der Waals surface area contributed by atoms with Crippen molar-refractivity contribution in [2.24, 2.45) is 4.99 Å². The fourth-order valence-corrected chi connectivity index (χ4v) is 2.76. The van der Waals surface area contributed by atoms with Gasteiger partial charge in [-0.15, -0.1) is 0 Å². The zero-order valence-electron chi connectivity index (χ0n) is 18.4. The zero-order valence-corrected chi connectivity index (χ0v) is 18.4. The number of alkyl halides is 3. The summed E-state index contributed by atoms with van der Waals surface area (Å²) >= 11 is 0. The normalized spacial score (nSPS) is 12.3. The minimum absolute atomic E-state index is 0.351. The predicted octanol–water partition coefficient (Wildman–Crippen LogP) is 3.35. The van der Waals surface area contributed by atoms with Gasteiger partial charge in [-0.05, 0) is 45.5 Å². The van der Waals surface area contributed by atoms with Crippen LogP contribution < -0.4 is 15.4 Å². The fourth-order valence-electron chi connectivity index (χ4n) is 2.76. The Morgan fingerprint density at radius 3 is 2.60 bits per heavy atom.